The molecule has 0 radical (unpaired) electrons. The number of hydrogen-bond donors (Lipinski definition) is 1. The predicted octanol–water partition coefficient (Wildman–Crippen LogP) is 2.80. The number of amides is 1. The number of halogens is 1. The van der Waals surface area contributed by atoms with Gasteiger partial charge in [0.05, 0.1) is 17.8 Å². The van der Waals surface area contributed by atoms with Crippen LogP contribution in [0.4, 0.5) is 5.69 Å². The minimum Gasteiger partial charge on any atom is -0.495 e. The first-order valence-electron chi connectivity index (χ1n) is 5.36. The van der Waals surface area contributed by atoms with Crippen LogP contribution in [-0.2, 0) is 4.79 Å². The van der Waals surface area contributed by atoms with Crippen LogP contribution in [0, 0.1) is 0 Å². The molecule has 21 heavy (non-hydrogen) atoms. The molecule has 1 aromatic rings. The summed E-state index contributed by atoms with van der Waals surface area (Å²) in [6.07, 6.45) is 0. The summed E-state index contributed by atoms with van der Waals surface area (Å²) in [5.74, 6) is -1.79. The normalized spacial score (nSPS) is 19.7. The Hall–Kier alpha value is -2.93. The molecule has 0 fully saturated rings. The number of ketones is 1. The van der Waals surface area contributed by atoms with Gasteiger partial charge in [-0.25, -0.2) is 0 Å². The van der Waals surface area contributed by atoms with Crippen LogP contribution in [0.15, 0.2) is 22.4 Å². The Balaban J connectivity index is 2.72. The summed E-state index contributed by atoms with van der Waals surface area (Å²) >= 11 is 5.91. The van der Waals surface area contributed by atoms with E-state index in [0.717, 1.165) is 0 Å². The number of benzene rings is 1. The Bertz CT molecular complexity index is 731. The van der Waals surface area contributed by atoms with E-state index < -0.39 is 17.4 Å². The molecule has 0 atom stereocenters. The topological polar surface area (TPSA) is 153 Å². The molecular formula is C10H6ClN7O3. The van der Waals surface area contributed by atoms with Crippen LogP contribution in [0.25, 0.3) is 20.9 Å². The number of nitrogens with zero attached hydrogens (tertiary/aromatic N) is 6. The molecule has 1 aromatic carbocycles. The minimum absolute atomic E-state index is 0.0554. The standard InChI is InChI=1S/C10H6ClN7O3/c1-21-7-3-6-4(2-5(7)11)8(19)10(15-17-12,16-18-13)9(20)14-6/h2-3H,1H3,(H,14,20). The Morgan fingerprint density at radius 3 is 2.43 bits per heavy atom. The molecule has 0 unspecified atom stereocenters. The van der Waals surface area contributed by atoms with Crippen molar-refractivity contribution in [2.45, 2.75) is 5.66 Å². The van der Waals surface area contributed by atoms with Crippen molar-refractivity contribution >= 4 is 29.0 Å². The zero-order valence-corrected chi connectivity index (χ0v) is 11.2. The Morgan fingerprint density at radius 2 is 1.90 bits per heavy atom. The van der Waals surface area contributed by atoms with Crippen molar-refractivity contribution in [3.05, 3.63) is 43.6 Å². The molecule has 1 N–H and O–H groups in total. The summed E-state index contributed by atoms with van der Waals surface area (Å²) in [6, 6.07) is 2.57. The van der Waals surface area contributed by atoms with Crippen LogP contribution in [0.1, 0.15) is 10.4 Å². The largest absolute Gasteiger partial charge is 0.495 e. The van der Waals surface area contributed by atoms with E-state index in [1.807, 2.05) is 0 Å². The summed E-state index contributed by atoms with van der Waals surface area (Å²) < 4.78 is 4.97. The summed E-state index contributed by atoms with van der Waals surface area (Å²) in [6.45, 7) is 0. The van der Waals surface area contributed by atoms with E-state index in [0.29, 0.717) is 0 Å². The molecule has 0 aromatic heterocycles. The van der Waals surface area contributed by atoms with Gasteiger partial charge in [0.25, 0.3) is 11.6 Å². The van der Waals surface area contributed by atoms with Gasteiger partial charge >= 0.3 is 0 Å². The number of Topliss-reactive ketones (excluding diaryl/α,β-unsaturated/α-hetero) is 1. The number of fused-ring (bicyclic) bond motifs is 1. The number of carbonyl (C=O) groups excluding carboxylic acids is 2. The lowest BCUT2D eigenvalue weighted by Crippen LogP contribution is -2.49. The Labute approximate surface area is 121 Å². The van der Waals surface area contributed by atoms with Gasteiger partial charge in [-0.3, -0.25) is 9.59 Å². The fraction of sp³-hybridized carbons (Fsp3) is 0.200. The SMILES string of the molecule is COc1cc2c(cc1Cl)C(=O)C(N=[N+]=[N-])(N=[N+]=[N-])C(=O)N2. The highest BCUT2D eigenvalue weighted by atomic mass is 35.5. The number of anilines is 1. The van der Waals surface area contributed by atoms with Crippen molar-refractivity contribution in [2.75, 3.05) is 12.4 Å². The zero-order chi connectivity index (χ0) is 15.6. The fourth-order valence-corrected chi connectivity index (χ4v) is 2.07. The average Bonchev–Trinajstić information content (AvgIpc) is 2.46. The molecule has 106 valence electrons. The molecular weight excluding hydrogens is 302 g/mol. The second-order valence-corrected chi connectivity index (χ2v) is 4.27. The van der Waals surface area contributed by atoms with Crippen LogP contribution < -0.4 is 10.1 Å². The predicted molar refractivity (Wildman–Crippen MR) is 72.0 cm³/mol. The van der Waals surface area contributed by atoms with Crippen LogP contribution in [-0.4, -0.2) is 24.5 Å². The van der Waals surface area contributed by atoms with E-state index in [1.165, 1.54) is 19.2 Å². The average molecular weight is 308 g/mol. The van der Waals surface area contributed by atoms with Gasteiger partial charge in [0.2, 0.25) is 0 Å². The van der Waals surface area contributed by atoms with Crippen molar-refractivity contribution in [2.24, 2.45) is 10.2 Å². The quantitative estimate of drug-likeness (QED) is 0.395. The third-order valence-corrected chi connectivity index (χ3v) is 3.09. The van der Waals surface area contributed by atoms with Crippen molar-refractivity contribution in [1.29, 1.82) is 0 Å². The van der Waals surface area contributed by atoms with Gasteiger partial charge in [-0.05, 0) is 17.1 Å². The number of hydrogen-bond acceptors (Lipinski definition) is 5. The molecule has 11 heteroatoms. The molecule has 2 rings (SSSR count). The van der Waals surface area contributed by atoms with Gasteiger partial charge in [-0.2, -0.15) is 0 Å². The van der Waals surface area contributed by atoms with Crippen LogP contribution in [0.5, 0.6) is 5.75 Å². The highest BCUT2D eigenvalue weighted by Crippen LogP contribution is 2.38. The van der Waals surface area contributed by atoms with Gasteiger partial charge in [-0.1, -0.05) is 21.8 Å². The lowest BCUT2D eigenvalue weighted by atomic mass is 9.92. The maximum Gasteiger partial charge on any atom is 0.267 e. The molecule has 1 heterocycles. The number of carbonyl (C=O) groups is 2. The lowest BCUT2D eigenvalue weighted by Gasteiger charge is -2.28. The van der Waals surface area contributed by atoms with Crippen molar-refractivity contribution in [3.8, 4) is 5.75 Å². The number of nitrogens with one attached hydrogen (secondary N) is 1. The third kappa shape index (κ3) is 2.09. The molecule has 1 amide bonds. The molecule has 1 aliphatic rings. The number of rotatable bonds is 3. The first-order valence-corrected chi connectivity index (χ1v) is 5.74. The van der Waals surface area contributed by atoms with E-state index >= 15 is 0 Å². The molecule has 0 spiro atoms. The summed E-state index contributed by atoms with van der Waals surface area (Å²) in [4.78, 5) is 29.2. The number of azide groups is 1. The molecule has 0 bridgehead atoms. The first-order chi connectivity index (χ1) is 10.00. The van der Waals surface area contributed by atoms with Crippen LogP contribution in [0.2, 0.25) is 5.02 Å². The van der Waals surface area contributed by atoms with Crippen molar-refractivity contribution in [1.82, 2.24) is 0 Å². The van der Waals surface area contributed by atoms with Crippen LogP contribution >= 0.6 is 11.6 Å². The maximum absolute atomic E-state index is 12.4. The summed E-state index contributed by atoms with van der Waals surface area (Å²) in [5, 5.41) is 8.56. The van der Waals surface area contributed by atoms with E-state index in [-0.39, 0.29) is 22.0 Å². The second-order valence-electron chi connectivity index (χ2n) is 3.87. The van der Waals surface area contributed by atoms with E-state index in [2.05, 4.69) is 25.4 Å². The van der Waals surface area contributed by atoms with Gasteiger partial charge in [0.15, 0.2) is 5.78 Å². The highest BCUT2D eigenvalue weighted by molar-refractivity contribution is 6.34. The second kappa shape index (κ2) is 5.22. The minimum atomic E-state index is -2.55. The van der Waals surface area contributed by atoms with Gasteiger partial charge in [0, 0.05) is 21.5 Å². The maximum atomic E-state index is 12.4. The Kier molecular flexibility index (Phi) is 3.60. The fourth-order valence-electron chi connectivity index (χ4n) is 1.83. The number of ether oxygens (including phenoxy) is 1. The molecule has 0 saturated carbocycles. The number of methoxy groups -OCH3 is 1. The molecule has 10 nitrogen and oxygen atoms in total. The first kappa shape index (κ1) is 14.5. The zero-order valence-electron chi connectivity index (χ0n) is 10.4. The van der Waals surface area contributed by atoms with Gasteiger partial charge < -0.3 is 10.1 Å². The lowest BCUT2D eigenvalue weighted by molar-refractivity contribution is -0.119. The van der Waals surface area contributed by atoms with E-state index in [9.17, 15) is 9.59 Å². The van der Waals surface area contributed by atoms with Gasteiger partial charge in [-0.15, -0.1) is 0 Å². The molecule has 0 aliphatic carbocycles. The summed E-state index contributed by atoms with van der Waals surface area (Å²) in [7, 11) is 1.37. The molecule has 1 aliphatic heterocycles. The van der Waals surface area contributed by atoms with E-state index in [1.54, 1.807) is 0 Å². The third-order valence-electron chi connectivity index (χ3n) is 2.80. The smallest absolute Gasteiger partial charge is 0.267 e. The van der Waals surface area contributed by atoms with Crippen molar-refractivity contribution in [3.63, 3.8) is 0 Å². The van der Waals surface area contributed by atoms with Gasteiger partial charge in [0.1, 0.15) is 5.75 Å². The monoisotopic (exact) mass is 307 g/mol. The van der Waals surface area contributed by atoms with E-state index in [4.69, 9.17) is 27.4 Å². The molecule has 0 saturated heterocycles. The summed E-state index contributed by atoms with van der Waals surface area (Å²) in [5.41, 5.74) is 14.6. The van der Waals surface area contributed by atoms with Crippen molar-refractivity contribution < 1.29 is 14.3 Å². The highest BCUT2D eigenvalue weighted by Gasteiger charge is 2.49. The van der Waals surface area contributed by atoms with Crippen LogP contribution in [0.3, 0.4) is 0 Å². The Morgan fingerprint density at radius 1 is 1.29 bits per heavy atom.